The molecule has 0 unspecified atom stereocenters. The molecule has 0 bridgehead atoms. The van der Waals surface area contributed by atoms with Gasteiger partial charge in [-0.3, -0.25) is 0 Å². The number of aliphatic hydroxyl groups is 1. The first-order valence-corrected chi connectivity index (χ1v) is 12.5. The Morgan fingerprint density at radius 3 is 2.60 bits per heavy atom. The average molecular weight is 442 g/mol. The number of alkyl halides is 1. The molecule has 9 heteroatoms. The molecule has 0 radical (unpaired) electrons. The van der Waals surface area contributed by atoms with Gasteiger partial charge in [0.15, 0.2) is 0 Å². The summed E-state index contributed by atoms with van der Waals surface area (Å²) in [5.74, 6) is 0.187. The van der Waals surface area contributed by atoms with Gasteiger partial charge in [0, 0.05) is 23.2 Å². The summed E-state index contributed by atoms with van der Waals surface area (Å²) in [7, 11) is -3.54. The van der Waals surface area contributed by atoms with Gasteiger partial charge in [-0.25, -0.2) is 17.6 Å². The predicted octanol–water partition coefficient (Wildman–Crippen LogP) is 2.99. The summed E-state index contributed by atoms with van der Waals surface area (Å²) >= 11 is 0. The molecule has 0 heterocycles. The molecule has 4 aliphatic rings. The number of halogens is 1. The minimum atomic E-state index is -3.54. The molecule has 7 atom stereocenters. The number of hydrazone groups is 1. The Balaban J connectivity index is 1.73. The van der Waals surface area contributed by atoms with Crippen LogP contribution in [0.5, 0.6) is 0 Å². The van der Waals surface area contributed by atoms with Crippen LogP contribution in [0.2, 0.25) is 0 Å². The molecule has 30 heavy (non-hydrogen) atoms. The Hall–Kier alpha value is -1.48. The quantitative estimate of drug-likeness (QED) is 0.452. The van der Waals surface area contributed by atoms with Gasteiger partial charge < -0.3 is 10.3 Å². The second-order valence-electron chi connectivity index (χ2n) is 10.5. The monoisotopic (exact) mass is 441 g/mol. The van der Waals surface area contributed by atoms with E-state index in [-0.39, 0.29) is 29.2 Å². The zero-order chi connectivity index (χ0) is 22.1. The molecule has 168 valence electrons. The fourth-order valence-corrected chi connectivity index (χ4v) is 7.36. The fraction of sp³-hybridized carbons (Fsp3) is 0.810. The smallest absolute Gasteiger partial charge is 0.244 e. The number of oxime groups is 1. The summed E-state index contributed by atoms with van der Waals surface area (Å²) < 4.78 is 38.7. The molecule has 0 spiro atoms. The van der Waals surface area contributed by atoms with E-state index in [0.29, 0.717) is 19.3 Å². The van der Waals surface area contributed by atoms with E-state index in [0.717, 1.165) is 31.1 Å². The van der Waals surface area contributed by atoms with Crippen molar-refractivity contribution < 1.29 is 23.1 Å². The van der Waals surface area contributed by atoms with Crippen molar-refractivity contribution in [1.29, 1.82) is 0 Å². The maximum atomic E-state index is 15.8. The van der Waals surface area contributed by atoms with Crippen LogP contribution in [0.1, 0.15) is 59.3 Å². The van der Waals surface area contributed by atoms with Crippen molar-refractivity contribution in [1.82, 2.24) is 4.83 Å². The molecule has 0 amide bonds. The van der Waals surface area contributed by atoms with E-state index >= 15 is 4.39 Å². The molecule has 4 aliphatic carbocycles. The Kier molecular flexibility index (Phi) is 4.90. The third-order valence-electron chi connectivity index (χ3n) is 8.79. The summed E-state index contributed by atoms with van der Waals surface area (Å²) in [4.78, 5) is 2.10. The van der Waals surface area contributed by atoms with Crippen LogP contribution in [0.3, 0.4) is 0 Å². The second kappa shape index (κ2) is 6.76. The predicted molar refractivity (Wildman–Crippen MR) is 113 cm³/mol. The topological polar surface area (TPSA) is 111 Å². The summed E-state index contributed by atoms with van der Waals surface area (Å²) in [6.45, 7) is 5.93. The van der Waals surface area contributed by atoms with Crippen LogP contribution in [-0.2, 0) is 10.0 Å². The lowest BCUT2D eigenvalue weighted by atomic mass is 9.46. The Morgan fingerprint density at radius 1 is 1.27 bits per heavy atom. The normalized spacial score (nSPS) is 48.7. The largest absolute Gasteiger partial charge is 0.411 e. The SMILES string of the molecule is C[C@]12CC(=NO)C(=NNS(C)(=O)=O)C=C1CC[C@@H]1[C@@H]2[C@@H](F)C[C@@]2(C)[C@H]1CC[C@]2(C)O. The number of nitrogens with one attached hydrogen (secondary N) is 1. The molecule has 4 rings (SSSR count). The molecule has 0 aromatic heterocycles. The number of hydrogen-bond donors (Lipinski definition) is 3. The molecule has 3 saturated carbocycles. The lowest BCUT2D eigenvalue weighted by molar-refractivity contribution is -0.144. The third kappa shape index (κ3) is 3.11. The maximum Gasteiger partial charge on any atom is 0.244 e. The summed E-state index contributed by atoms with van der Waals surface area (Å²) in [5, 5.41) is 27.9. The highest BCUT2D eigenvalue weighted by molar-refractivity contribution is 7.88. The van der Waals surface area contributed by atoms with Crippen LogP contribution in [0.15, 0.2) is 21.9 Å². The molecular formula is C21H32FN3O4S. The highest BCUT2D eigenvalue weighted by Crippen LogP contribution is 2.67. The first-order chi connectivity index (χ1) is 13.8. The molecule has 7 nitrogen and oxygen atoms in total. The van der Waals surface area contributed by atoms with E-state index in [1.807, 2.05) is 20.8 Å². The average Bonchev–Trinajstić information content (AvgIpc) is 2.87. The molecule has 0 aliphatic heterocycles. The van der Waals surface area contributed by atoms with Gasteiger partial charge in [-0.1, -0.05) is 24.6 Å². The van der Waals surface area contributed by atoms with Crippen molar-refractivity contribution in [2.75, 3.05) is 6.26 Å². The van der Waals surface area contributed by atoms with E-state index in [4.69, 9.17) is 0 Å². The highest BCUT2D eigenvalue weighted by Gasteiger charge is 2.65. The van der Waals surface area contributed by atoms with Crippen LogP contribution in [0.4, 0.5) is 4.39 Å². The molecule has 0 aromatic rings. The lowest BCUT2D eigenvalue weighted by Gasteiger charge is -2.59. The fourth-order valence-electron chi connectivity index (χ4n) is 7.09. The van der Waals surface area contributed by atoms with Gasteiger partial charge in [0.25, 0.3) is 0 Å². The van der Waals surface area contributed by atoms with Gasteiger partial charge in [0.2, 0.25) is 10.0 Å². The molecule has 0 saturated heterocycles. The van der Waals surface area contributed by atoms with Crippen LogP contribution in [-0.4, -0.2) is 48.2 Å². The lowest BCUT2D eigenvalue weighted by Crippen LogP contribution is -2.58. The Labute approximate surface area is 177 Å². The van der Waals surface area contributed by atoms with Crippen molar-refractivity contribution in [2.24, 2.45) is 38.8 Å². The molecular weight excluding hydrogens is 409 g/mol. The molecule has 0 aromatic carbocycles. The molecule has 3 fully saturated rings. The number of rotatable bonds is 2. The van der Waals surface area contributed by atoms with E-state index in [1.165, 1.54) is 0 Å². The van der Waals surface area contributed by atoms with Gasteiger partial charge in [0.1, 0.15) is 17.6 Å². The van der Waals surface area contributed by atoms with E-state index in [1.54, 1.807) is 6.08 Å². The van der Waals surface area contributed by atoms with Crippen LogP contribution in [0.25, 0.3) is 0 Å². The number of sulfonamides is 1. The third-order valence-corrected chi connectivity index (χ3v) is 9.21. The van der Waals surface area contributed by atoms with Gasteiger partial charge in [0.05, 0.1) is 11.9 Å². The maximum absolute atomic E-state index is 15.8. The van der Waals surface area contributed by atoms with Crippen molar-refractivity contribution in [3.63, 3.8) is 0 Å². The zero-order valence-electron chi connectivity index (χ0n) is 18.0. The number of allylic oxidation sites excluding steroid dienone is 2. The van der Waals surface area contributed by atoms with Crippen molar-refractivity contribution in [3.05, 3.63) is 11.6 Å². The van der Waals surface area contributed by atoms with Crippen LogP contribution < -0.4 is 4.83 Å². The van der Waals surface area contributed by atoms with Crippen LogP contribution in [0, 0.1) is 28.6 Å². The van der Waals surface area contributed by atoms with Crippen molar-refractivity contribution >= 4 is 21.4 Å². The molecule has 3 N–H and O–H groups in total. The summed E-state index contributed by atoms with van der Waals surface area (Å²) in [6, 6.07) is 0. The standard InChI is InChI=1S/C21H32FN3O4S/c1-19-11-17(24-27)16(23-25-30(4,28)29)9-12(19)5-6-13-14-7-8-21(3,26)20(14,2)10-15(22)18(13)19/h9,13-15,18,25-27H,5-8,10-11H2,1-4H3/t13-,14-,15-,18+,19-,20-,21-/m0/s1. The number of hydrogen-bond acceptors (Lipinski definition) is 6. The van der Waals surface area contributed by atoms with Gasteiger partial charge in [-0.15, -0.1) is 0 Å². The van der Waals surface area contributed by atoms with Gasteiger partial charge >= 0.3 is 0 Å². The van der Waals surface area contributed by atoms with Gasteiger partial charge in [-0.05, 0) is 56.9 Å². The Bertz CT molecular complexity index is 944. The summed E-state index contributed by atoms with van der Waals surface area (Å²) in [5.41, 5.74) is -0.249. The van der Waals surface area contributed by atoms with Crippen molar-refractivity contribution in [2.45, 2.75) is 71.1 Å². The Morgan fingerprint density at radius 2 is 1.97 bits per heavy atom. The first kappa shape index (κ1) is 21.7. The van der Waals surface area contributed by atoms with E-state index in [2.05, 4.69) is 15.1 Å². The van der Waals surface area contributed by atoms with Crippen molar-refractivity contribution in [3.8, 4) is 0 Å². The first-order valence-electron chi connectivity index (χ1n) is 10.7. The minimum Gasteiger partial charge on any atom is -0.411 e. The second-order valence-corrected chi connectivity index (χ2v) is 12.2. The minimum absolute atomic E-state index is 0.155. The number of fused-ring (bicyclic) bond motifs is 5. The van der Waals surface area contributed by atoms with Crippen LogP contribution >= 0.6 is 0 Å². The summed E-state index contributed by atoms with van der Waals surface area (Å²) in [6.07, 6.45) is 5.52. The van der Waals surface area contributed by atoms with Gasteiger partial charge in [-0.2, -0.15) is 5.10 Å². The van der Waals surface area contributed by atoms with E-state index in [9.17, 15) is 18.7 Å². The van der Waals surface area contributed by atoms with E-state index < -0.39 is 32.6 Å². The highest BCUT2D eigenvalue weighted by atomic mass is 32.2. The number of nitrogens with zero attached hydrogens (tertiary/aromatic N) is 2. The zero-order valence-corrected chi connectivity index (χ0v) is 18.8.